The molecule has 4 nitrogen and oxygen atoms in total. The second-order valence-electron chi connectivity index (χ2n) is 3.98. The molecule has 2 aromatic rings. The van der Waals surface area contributed by atoms with E-state index < -0.39 is 0 Å². The van der Waals surface area contributed by atoms with Crippen molar-refractivity contribution in [2.45, 2.75) is 18.9 Å². The molecule has 1 saturated heterocycles. The smallest absolute Gasteiger partial charge is 0.157 e. The fourth-order valence-corrected chi connectivity index (χ4v) is 3.05. The Morgan fingerprint density at radius 3 is 3.06 bits per heavy atom. The highest BCUT2D eigenvalue weighted by atomic mass is 32.2. The summed E-state index contributed by atoms with van der Waals surface area (Å²) in [5, 5.41) is 7.63. The molecule has 1 aliphatic rings. The molecule has 84 valence electrons. The molecule has 0 aromatic carbocycles. The predicted octanol–water partition coefficient (Wildman–Crippen LogP) is 2.04. The zero-order chi connectivity index (χ0) is 10.8. The third kappa shape index (κ3) is 2.00. The fourth-order valence-electron chi connectivity index (χ4n) is 1.94. The van der Waals surface area contributed by atoms with Gasteiger partial charge in [0.05, 0.1) is 6.20 Å². The van der Waals surface area contributed by atoms with Crippen molar-refractivity contribution in [2.75, 3.05) is 16.8 Å². The number of rotatable bonds is 2. The number of thioether (sulfide) groups is 1. The number of aromatic nitrogens is 3. The van der Waals surface area contributed by atoms with E-state index in [-0.39, 0.29) is 0 Å². The van der Waals surface area contributed by atoms with E-state index in [1.54, 1.807) is 10.7 Å². The molecule has 0 unspecified atom stereocenters. The summed E-state index contributed by atoms with van der Waals surface area (Å²) in [4.78, 5) is 4.51. The van der Waals surface area contributed by atoms with Crippen molar-refractivity contribution < 1.29 is 0 Å². The standard InChI is InChI=1S/C11H14N4S/c1-5-12-15-6-2-10(14-11(1)15)13-9-3-7-16-8-4-9/h1-2,5-6,9H,3-4,7-8H2,(H,13,14). The lowest BCUT2D eigenvalue weighted by Gasteiger charge is -2.22. The summed E-state index contributed by atoms with van der Waals surface area (Å²) in [6.45, 7) is 0. The Morgan fingerprint density at radius 1 is 1.31 bits per heavy atom. The SMILES string of the molecule is c1cc2nc(NC3CCSCC3)ccn2n1. The van der Waals surface area contributed by atoms with Gasteiger partial charge in [0.1, 0.15) is 5.82 Å². The van der Waals surface area contributed by atoms with Crippen LogP contribution in [-0.2, 0) is 0 Å². The first kappa shape index (κ1) is 9.96. The van der Waals surface area contributed by atoms with Crippen LogP contribution >= 0.6 is 11.8 Å². The highest BCUT2D eigenvalue weighted by Gasteiger charge is 2.13. The van der Waals surface area contributed by atoms with Gasteiger partial charge in [0.15, 0.2) is 5.65 Å². The first-order chi connectivity index (χ1) is 7.92. The normalized spacial score (nSPS) is 17.8. The van der Waals surface area contributed by atoms with Crippen molar-refractivity contribution in [1.29, 1.82) is 0 Å². The maximum absolute atomic E-state index is 4.51. The van der Waals surface area contributed by atoms with Crippen LogP contribution in [0, 0.1) is 0 Å². The zero-order valence-electron chi connectivity index (χ0n) is 8.97. The van der Waals surface area contributed by atoms with E-state index in [2.05, 4.69) is 15.4 Å². The Labute approximate surface area is 98.4 Å². The minimum absolute atomic E-state index is 0.583. The van der Waals surface area contributed by atoms with E-state index in [0.717, 1.165) is 11.5 Å². The molecule has 5 heteroatoms. The van der Waals surface area contributed by atoms with Gasteiger partial charge in [-0.3, -0.25) is 0 Å². The van der Waals surface area contributed by atoms with E-state index in [9.17, 15) is 0 Å². The first-order valence-corrected chi connectivity index (χ1v) is 6.72. The Balaban J connectivity index is 1.77. The molecule has 0 bridgehead atoms. The fraction of sp³-hybridized carbons (Fsp3) is 0.455. The third-order valence-electron chi connectivity index (χ3n) is 2.83. The molecule has 0 radical (unpaired) electrons. The topological polar surface area (TPSA) is 42.2 Å². The van der Waals surface area contributed by atoms with Crippen LogP contribution in [-0.4, -0.2) is 32.1 Å². The van der Waals surface area contributed by atoms with E-state index in [4.69, 9.17) is 0 Å². The van der Waals surface area contributed by atoms with Crippen LogP contribution in [0.15, 0.2) is 24.5 Å². The minimum Gasteiger partial charge on any atom is -0.367 e. The molecule has 0 atom stereocenters. The zero-order valence-corrected chi connectivity index (χ0v) is 9.78. The lowest BCUT2D eigenvalue weighted by molar-refractivity contribution is 0.663. The quantitative estimate of drug-likeness (QED) is 0.863. The highest BCUT2D eigenvalue weighted by molar-refractivity contribution is 7.99. The van der Waals surface area contributed by atoms with Crippen molar-refractivity contribution >= 4 is 23.2 Å². The van der Waals surface area contributed by atoms with Gasteiger partial charge in [0.25, 0.3) is 0 Å². The summed E-state index contributed by atoms with van der Waals surface area (Å²) in [6.07, 6.45) is 6.18. The summed E-state index contributed by atoms with van der Waals surface area (Å²) < 4.78 is 1.78. The summed E-state index contributed by atoms with van der Waals surface area (Å²) in [5.74, 6) is 3.48. The van der Waals surface area contributed by atoms with Gasteiger partial charge in [-0.25, -0.2) is 9.50 Å². The first-order valence-electron chi connectivity index (χ1n) is 5.56. The predicted molar refractivity (Wildman–Crippen MR) is 67.0 cm³/mol. The van der Waals surface area contributed by atoms with E-state index in [1.807, 2.05) is 30.1 Å². The molecular weight excluding hydrogens is 220 g/mol. The van der Waals surface area contributed by atoms with Crippen molar-refractivity contribution in [2.24, 2.45) is 0 Å². The number of fused-ring (bicyclic) bond motifs is 1. The number of nitrogens with one attached hydrogen (secondary N) is 1. The Morgan fingerprint density at radius 2 is 2.19 bits per heavy atom. The molecule has 0 saturated carbocycles. The van der Waals surface area contributed by atoms with E-state index in [0.29, 0.717) is 6.04 Å². The molecule has 1 N–H and O–H groups in total. The van der Waals surface area contributed by atoms with Crippen LogP contribution in [0.4, 0.5) is 5.82 Å². The summed E-state index contributed by atoms with van der Waals surface area (Å²) >= 11 is 2.04. The van der Waals surface area contributed by atoms with Gasteiger partial charge >= 0.3 is 0 Å². The Hall–Kier alpha value is -1.23. The highest BCUT2D eigenvalue weighted by Crippen LogP contribution is 2.20. The van der Waals surface area contributed by atoms with Crippen molar-refractivity contribution in [3.05, 3.63) is 24.5 Å². The van der Waals surface area contributed by atoms with Gasteiger partial charge in [-0.05, 0) is 30.4 Å². The average Bonchev–Trinajstić information content (AvgIpc) is 2.77. The average molecular weight is 234 g/mol. The van der Waals surface area contributed by atoms with Gasteiger partial charge in [-0.2, -0.15) is 16.9 Å². The van der Waals surface area contributed by atoms with Gasteiger partial charge in [0, 0.05) is 18.3 Å². The summed E-state index contributed by atoms with van der Waals surface area (Å²) in [6, 6.07) is 4.49. The van der Waals surface area contributed by atoms with E-state index >= 15 is 0 Å². The van der Waals surface area contributed by atoms with Crippen LogP contribution < -0.4 is 5.32 Å². The van der Waals surface area contributed by atoms with Crippen molar-refractivity contribution in [3.8, 4) is 0 Å². The number of anilines is 1. The number of nitrogens with zero attached hydrogens (tertiary/aromatic N) is 3. The second kappa shape index (κ2) is 4.33. The van der Waals surface area contributed by atoms with Crippen LogP contribution in [0.3, 0.4) is 0 Å². The molecular formula is C11H14N4S. The minimum atomic E-state index is 0.583. The van der Waals surface area contributed by atoms with E-state index in [1.165, 1.54) is 24.3 Å². The maximum Gasteiger partial charge on any atom is 0.157 e. The lowest BCUT2D eigenvalue weighted by atomic mass is 10.1. The van der Waals surface area contributed by atoms with Crippen molar-refractivity contribution in [3.63, 3.8) is 0 Å². The van der Waals surface area contributed by atoms with Gasteiger partial charge < -0.3 is 5.32 Å². The summed E-state index contributed by atoms with van der Waals surface area (Å²) in [5.41, 5.74) is 0.898. The van der Waals surface area contributed by atoms with Gasteiger partial charge in [-0.15, -0.1) is 0 Å². The molecule has 2 aromatic heterocycles. The summed E-state index contributed by atoms with van der Waals surface area (Å²) in [7, 11) is 0. The molecule has 0 amide bonds. The van der Waals surface area contributed by atoms with Crippen LogP contribution in [0.25, 0.3) is 5.65 Å². The lowest BCUT2D eigenvalue weighted by Crippen LogP contribution is -2.25. The van der Waals surface area contributed by atoms with Crippen LogP contribution in [0.2, 0.25) is 0 Å². The third-order valence-corrected chi connectivity index (χ3v) is 3.88. The molecule has 0 aliphatic carbocycles. The molecule has 3 heterocycles. The molecule has 3 rings (SSSR count). The Kier molecular flexibility index (Phi) is 2.70. The number of hydrogen-bond acceptors (Lipinski definition) is 4. The van der Waals surface area contributed by atoms with Crippen LogP contribution in [0.1, 0.15) is 12.8 Å². The molecule has 16 heavy (non-hydrogen) atoms. The monoisotopic (exact) mass is 234 g/mol. The maximum atomic E-state index is 4.51. The second-order valence-corrected chi connectivity index (χ2v) is 5.20. The number of hydrogen-bond donors (Lipinski definition) is 1. The van der Waals surface area contributed by atoms with Gasteiger partial charge in [0.2, 0.25) is 0 Å². The van der Waals surface area contributed by atoms with Gasteiger partial charge in [-0.1, -0.05) is 0 Å². The van der Waals surface area contributed by atoms with Crippen LogP contribution in [0.5, 0.6) is 0 Å². The molecule has 1 aliphatic heterocycles. The molecule has 0 spiro atoms. The largest absolute Gasteiger partial charge is 0.367 e. The van der Waals surface area contributed by atoms with Crippen molar-refractivity contribution in [1.82, 2.24) is 14.6 Å². The Bertz CT molecular complexity index is 476. The molecule has 1 fully saturated rings.